The normalized spacial score (nSPS) is 31.3. The van der Waals surface area contributed by atoms with Gasteiger partial charge in [0, 0.05) is 20.1 Å². The Morgan fingerprint density at radius 2 is 1.94 bits per heavy atom. The van der Waals surface area contributed by atoms with E-state index in [1.54, 1.807) is 0 Å². The molecule has 7 heteroatoms. The number of likely N-dealkylation sites (tertiary alicyclic amines) is 2. The lowest BCUT2D eigenvalue weighted by Gasteiger charge is -2.17. The summed E-state index contributed by atoms with van der Waals surface area (Å²) in [5.74, 6) is -0.685. The molecule has 0 aliphatic carbocycles. The Kier molecular flexibility index (Phi) is 2.55. The van der Waals surface area contributed by atoms with Crippen LogP contribution in [0.15, 0.2) is 5.16 Å². The molecule has 88 valence electrons. The largest absolute Gasteiger partial charge is 0.409 e. The second-order valence-electron chi connectivity index (χ2n) is 4.23. The van der Waals surface area contributed by atoms with Gasteiger partial charge in [0.1, 0.15) is 0 Å². The molecular formula is C9H14N4O3. The summed E-state index contributed by atoms with van der Waals surface area (Å²) < 4.78 is 0. The number of rotatable bonds is 2. The number of hydrogen-bond donors (Lipinski definition) is 2. The Balaban J connectivity index is 2.05. The van der Waals surface area contributed by atoms with Crippen LogP contribution in [0.1, 0.15) is 0 Å². The lowest BCUT2D eigenvalue weighted by molar-refractivity contribution is -0.138. The first-order chi connectivity index (χ1) is 7.54. The molecule has 2 rings (SSSR count). The van der Waals surface area contributed by atoms with E-state index in [1.165, 1.54) is 11.9 Å². The van der Waals surface area contributed by atoms with Gasteiger partial charge >= 0.3 is 0 Å². The van der Waals surface area contributed by atoms with Crippen molar-refractivity contribution in [3.8, 4) is 0 Å². The van der Waals surface area contributed by atoms with Crippen molar-refractivity contribution in [1.29, 1.82) is 0 Å². The van der Waals surface area contributed by atoms with Crippen LogP contribution in [0.5, 0.6) is 0 Å². The van der Waals surface area contributed by atoms with E-state index < -0.39 is 0 Å². The van der Waals surface area contributed by atoms with E-state index in [1.807, 2.05) is 4.90 Å². The second kappa shape index (κ2) is 3.75. The molecule has 0 bridgehead atoms. The monoisotopic (exact) mass is 226 g/mol. The topological polar surface area (TPSA) is 99.2 Å². The SMILES string of the molecule is CN1C(=O)C2CN(C/C(N)=N/O)CC2C1=O. The first-order valence-corrected chi connectivity index (χ1v) is 5.04. The van der Waals surface area contributed by atoms with Gasteiger partial charge in [0.25, 0.3) is 0 Å². The molecule has 2 heterocycles. The predicted octanol–water partition coefficient (Wildman–Crippen LogP) is -1.72. The minimum atomic E-state index is -0.260. The summed E-state index contributed by atoms with van der Waals surface area (Å²) in [4.78, 5) is 26.4. The molecule has 2 aliphatic rings. The summed E-state index contributed by atoms with van der Waals surface area (Å²) in [6.45, 7) is 1.28. The number of amidine groups is 1. The highest BCUT2D eigenvalue weighted by atomic mass is 16.4. The molecule has 2 aliphatic heterocycles. The Morgan fingerprint density at radius 3 is 2.38 bits per heavy atom. The molecule has 0 aromatic rings. The van der Waals surface area contributed by atoms with Crippen molar-refractivity contribution in [3.63, 3.8) is 0 Å². The summed E-state index contributed by atoms with van der Waals surface area (Å²) in [5.41, 5.74) is 5.38. The van der Waals surface area contributed by atoms with Gasteiger partial charge in [-0.15, -0.1) is 0 Å². The van der Waals surface area contributed by atoms with Crippen molar-refractivity contribution in [2.45, 2.75) is 0 Å². The van der Waals surface area contributed by atoms with E-state index in [4.69, 9.17) is 10.9 Å². The molecule has 0 radical (unpaired) electrons. The first-order valence-electron chi connectivity index (χ1n) is 5.04. The summed E-state index contributed by atoms with van der Waals surface area (Å²) in [5, 5.41) is 11.3. The van der Waals surface area contributed by atoms with E-state index in [-0.39, 0.29) is 36.0 Å². The van der Waals surface area contributed by atoms with Crippen LogP contribution in [0.3, 0.4) is 0 Å². The van der Waals surface area contributed by atoms with E-state index in [2.05, 4.69) is 5.16 Å². The zero-order valence-corrected chi connectivity index (χ0v) is 8.96. The van der Waals surface area contributed by atoms with Crippen molar-refractivity contribution in [1.82, 2.24) is 9.80 Å². The molecule has 0 aromatic carbocycles. The first kappa shape index (κ1) is 10.9. The lowest BCUT2D eigenvalue weighted by Crippen LogP contribution is -2.37. The fourth-order valence-corrected chi connectivity index (χ4v) is 2.38. The van der Waals surface area contributed by atoms with Crippen LogP contribution >= 0.6 is 0 Å². The van der Waals surface area contributed by atoms with Gasteiger partial charge < -0.3 is 10.9 Å². The summed E-state index contributed by atoms with van der Waals surface area (Å²) in [6.07, 6.45) is 0. The molecule has 0 saturated carbocycles. The number of nitrogens with zero attached hydrogens (tertiary/aromatic N) is 3. The van der Waals surface area contributed by atoms with E-state index in [0.29, 0.717) is 13.1 Å². The highest BCUT2D eigenvalue weighted by Gasteiger charge is 2.50. The average molecular weight is 226 g/mol. The van der Waals surface area contributed by atoms with Gasteiger partial charge in [-0.05, 0) is 0 Å². The lowest BCUT2D eigenvalue weighted by atomic mass is 10.00. The molecule has 2 atom stereocenters. The molecule has 2 amide bonds. The van der Waals surface area contributed by atoms with E-state index in [9.17, 15) is 9.59 Å². The van der Waals surface area contributed by atoms with Gasteiger partial charge in [-0.3, -0.25) is 19.4 Å². The van der Waals surface area contributed by atoms with Gasteiger partial charge in [0.2, 0.25) is 11.8 Å². The van der Waals surface area contributed by atoms with Crippen LogP contribution < -0.4 is 5.73 Å². The summed E-state index contributed by atoms with van der Waals surface area (Å²) in [6, 6.07) is 0. The number of hydrogen-bond acceptors (Lipinski definition) is 5. The Bertz CT molecular complexity index is 344. The van der Waals surface area contributed by atoms with Gasteiger partial charge in [-0.1, -0.05) is 5.16 Å². The molecule has 2 saturated heterocycles. The van der Waals surface area contributed by atoms with Crippen LogP contribution in [0.25, 0.3) is 0 Å². The van der Waals surface area contributed by atoms with Gasteiger partial charge in [0.05, 0.1) is 18.4 Å². The minimum absolute atomic E-state index is 0.0910. The van der Waals surface area contributed by atoms with Gasteiger partial charge in [-0.2, -0.15) is 0 Å². The van der Waals surface area contributed by atoms with E-state index >= 15 is 0 Å². The molecule has 7 nitrogen and oxygen atoms in total. The van der Waals surface area contributed by atoms with Crippen LogP contribution in [0, 0.1) is 11.8 Å². The zero-order valence-electron chi connectivity index (χ0n) is 8.96. The molecule has 3 N–H and O–H groups in total. The van der Waals surface area contributed by atoms with Crippen molar-refractivity contribution < 1.29 is 14.8 Å². The second-order valence-corrected chi connectivity index (χ2v) is 4.23. The fraction of sp³-hybridized carbons (Fsp3) is 0.667. The third-order valence-electron chi connectivity index (χ3n) is 3.21. The number of carbonyl (C=O) groups excluding carboxylic acids is 2. The number of nitrogens with two attached hydrogens (primary N) is 1. The number of fused-ring (bicyclic) bond motifs is 1. The van der Waals surface area contributed by atoms with Crippen molar-refractivity contribution in [3.05, 3.63) is 0 Å². The standard InChI is InChI=1S/C9H14N4O3/c1-12-8(14)5-2-13(4-7(10)11-16)3-6(5)9(12)15/h5-6,16H,2-4H2,1H3,(H2,10,11). The van der Waals surface area contributed by atoms with E-state index in [0.717, 1.165) is 0 Å². The maximum atomic E-state index is 11.7. The zero-order chi connectivity index (χ0) is 11.9. The van der Waals surface area contributed by atoms with Gasteiger partial charge in [0.15, 0.2) is 5.84 Å². The molecule has 16 heavy (non-hydrogen) atoms. The average Bonchev–Trinajstić information content (AvgIpc) is 2.76. The molecule has 2 unspecified atom stereocenters. The molecular weight excluding hydrogens is 212 g/mol. The number of imide groups is 1. The van der Waals surface area contributed by atoms with Crippen LogP contribution in [0.4, 0.5) is 0 Å². The van der Waals surface area contributed by atoms with Crippen molar-refractivity contribution in [2.75, 3.05) is 26.7 Å². The van der Waals surface area contributed by atoms with Crippen LogP contribution in [-0.2, 0) is 9.59 Å². The number of oxime groups is 1. The molecule has 2 fully saturated rings. The Morgan fingerprint density at radius 1 is 1.44 bits per heavy atom. The molecule has 0 spiro atoms. The maximum Gasteiger partial charge on any atom is 0.234 e. The fourth-order valence-electron chi connectivity index (χ4n) is 2.38. The molecule has 0 aromatic heterocycles. The smallest absolute Gasteiger partial charge is 0.234 e. The van der Waals surface area contributed by atoms with Crippen molar-refractivity contribution >= 4 is 17.6 Å². The highest BCUT2D eigenvalue weighted by molar-refractivity contribution is 6.05. The van der Waals surface area contributed by atoms with Crippen molar-refractivity contribution in [2.24, 2.45) is 22.7 Å². The van der Waals surface area contributed by atoms with Gasteiger partial charge in [-0.25, -0.2) is 0 Å². The number of amides is 2. The van der Waals surface area contributed by atoms with Crippen LogP contribution in [0.2, 0.25) is 0 Å². The highest BCUT2D eigenvalue weighted by Crippen LogP contribution is 2.32. The predicted molar refractivity (Wildman–Crippen MR) is 54.6 cm³/mol. The maximum absolute atomic E-state index is 11.7. The third-order valence-corrected chi connectivity index (χ3v) is 3.21. The Labute approximate surface area is 92.5 Å². The van der Waals surface area contributed by atoms with Crippen LogP contribution in [-0.4, -0.2) is 59.3 Å². The Hall–Kier alpha value is -1.63. The third kappa shape index (κ3) is 1.53. The minimum Gasteiger partial charge on any atom is -0.409 e. The summed E-state index contributed by atoms with van der Waals surface area (Å²) >= 11 is 0. The number of carbonyl (C=O) groups is 2. The quantitative estimate of drug-likeness (QED) is 0.192. The summed E-state index contributed by atoms with van der Waals surface area (Å²) in [7, 11) is 1.51.